The maximum absolute atomic E-state index is 12.0. The second kappa shape index (κ2) is 6.58. The number of carboxylic acids is 1. The summed E-state index contributed by atoms with van der Waals surface area (Å²) in [5.41, 5.74) is 1.50. The number of nitrogens with one attached hydrogen (secondary N) is 1. The molecule has 2 aromatic carbocycles. The number of hydrogen-bond acceptors (Lipinski definition) is 3. The molecular weight excluding hydrogens is 282 g/mol. The van der Waals surface area contributed by atoms with Crippen LogP contribution in [0, 0.1) is 0 Å². The van der Waals surface area contributed by atoms with Gasteiger partial charge in [-0.2, -0.15) is 0 Å². The van der Waals surface area contributed by atoms with Crippen molar-refractivity contribution in [3.63, 3.8) is 0 Å². The smallest absolute Gasteiger partial charge is 0.337 e. The monoisotopic (exact) mass is 296 g/mol. The molecule has 0 heterocycles. The highest BCUT2D eigenvalue weighted by atomic mass is 16.4. The Kier molecular flexibility index (Phi) is 4.58. The molecule has 0 atom stereocenters. The third kappa shape index (κ3) is 3.73. The zero-order valence-electron chi connectivity index (χ0n) is 11.9. The molecule has 112 valence electrons. The topological polar surface area (TPSA) is 89.5 Å². The summed E-state index contributed by atoms with van der Waals surface area (Å²) in [6, 6.07) is 12.8. The van der Waals surface area contributed by atoms with E-state index >= 15 is 0 Å². The first-order valence-electron chi connectivity index (χ1n) is 6.56. The molecule has 1 amide bonds. The molecule has 0 aliphatic heterocycles. The van der Waals surface area contributed by atoms with Crippen LogP contribution >= 0.6 is 0 Å². The molecule has 5 heteroatoms. The van der Waals surface area contributed by atoms with Crippen LogP contribution in [-0.4, -0.2) is 17.0 Å². The van der Waals surface area contributed by atoms with E-state index in [-0.39, 0.29) is 11.3 Å². The fraction of sp³-hybridized carbons (Fsp3) is 0.0588. The van der Waals surface area contributed by atoms with E-state index in [1.54, 1.807) is 6.92 Å². The van der Waals surface area contributed by atoms with Crippen molar-refractivity contribution in [3.8, 4) is 5.75 Å². The first-order chi connectivity index (χ1) is 10.5. The lowest BCUT2D eigenvalue weighted by Crippen LogP contribution is -2.13. The number of hydrogen-bond donors (Lipinski definition) is 2. The third-order valence-corrected chi connectivity index (χ3v) is 3.06. The van der Waals surface area contributed by atoms with Crippen LogP contribution in [0.15, 0.2) is 54.6 Å². The molecule has 0 fully saturated rings. The van der Waals surface area contributed by atoms with Gasteiger partial charge in [0.2, 0.25) is 5.91 Å². The van der Waals surface area contributed by atoms with Crippen LogP contribution in [0.2, 0.25) is 0 Å². The van der Waals surface area contributed by atoms with Crippen LogP contribution in [0.4, 0.5) is 5.69 Å². The Bertz CT molecular complexity index is 736. The van der Waals surface area contributed by atoms with Gasteiger partial charge in [-0.15, -0.1) is 5.75 Å². The molecule has 2 rings (SSSR count). The number of amides is 1. The van der Waals surface area contributed by atoms with Gasteiger partial charge in [0.15, 0.2) is 0 Å². The number of carbonyl (C=O) groups excluding carboxylic acids is 1. The molecule has 0 radical (unpaired) electrons. The fourth-order valence-electron chi connectivity index (χ4n) is 1.96. The summed E-state index contributed by atoms with van der Waals surface area (Å²) in [6.45, 7) is 1.79. The van der Waals surface area contributed by atoms with Crippen molar-refractivity contribution in [1.82, 2.24) is 0 Å². The van der Waals surface area contributed by atoms with Gasteiger partial charge in [-0.1, -0.05) is 42.5 Å². The van der Waals surface area contributed by atoms with Crippen LogP contribution in [-0.2, 0) is 4.79 Å². The highest BCUT2D eigenvalue weighted by Crippen LogP contribution is 2.20. The van der Waals surface area contributed by atoms with Gasteiger partial charge >= 0.3 is 5.97 Å². The summed E-state index contributed by atoms with van der Waals surface area (Å²) in [6.07, 6.45) is 1.38. The predicted octanol–water partition coefficient (Wildman–Crippen LogP) is 2.50. The molecule has 0 aromatic heterocycles. The van der Waals surface area contributed by atoms with E-state index in [2.05, 4.69) is 5.32 Å². The van der Waals surface area contributed by atoms with E-state index in [1.807, 2.05) is 30.3 Å². The molecular formula is C17H14NO4-. The highest BCUT2D eigenvalue weighted by molar-refractivity contribution is 6.07. The normalized spacial score (nSPS) is 11.0. The average molecular weight is 296 g/mol. The lowest BCUT2D eigenvalue weighted by Gasteiger charge is -2.11. The minimum atomic E-state index is -1.27. The third-order valence-electron chi connectivity index (χ3n) is 3.06. The van der Waals surface area contributed by atoms with Gasteiger partial charge < -0.3 is 15.5 Å². The van der Waals surface area contributed by atoms with Crippen molar-refractivity contribution >= 4 is 23.1 Å². The van der Waals surface area contributed by atoms with E-state index in [4.69, 9.17) is 5.11 Å². The number of aromatic carboxylic acids is 1. The number of carboxylic acid groups (broad SMARTS) is 1. The molecule has 0 aliphatic carbocycles. The standard InChI is InChI=1S/C17H15NO4/c1-11(12-5-3-2-4-6-12)9-16(20)18-15-8-7-13(19)10-14(15)17(21)22/h2-10,19H,1H3,(H,18,20)(H,21,22)/p-1/b11-9+. The number of allylic oxidation sites excluding steroid dienone is 1. The summed E-state index contributed by atoms with van der Waals surface area (Å²) in [7, 11) is 0. The van der Waals surface area contributed by atoms with E-state index in [9.17, 15) is 14.7 Å². The van der Waals surface area contributed by atoms with E-state index < -0.39 is 17.6 Å². The van der Waals surface area contributed by atoms with Crippen molar-refractivity contribution in [2.24, 2.45) is 0 Å². The molecule has 5 nitrogen and oxygen atoms in total. The maximum atomic E-state index is 12.0. The molecule has 0 bridgehead atoms. The van der Waals surface area contributed by atoms with Gasteiger partial charge in [0.05, 0.1) is 11.3 Å². The average Bonchev–Trinajstić information content (AvgIpc) is 2.49. The quantitative estimate of drug-likeness (QED) is 0.848. The van der Waals surface area contributed by atoms with Gasteiger partial charge in [0.1, 0.15) is 0 Å². The van der Waals surface area contributed by atoms with Crippen molar-refractivity contribution in [1.29, 1.82) is 0 Å². The van der Waals surface area contributed by atoms with Crippen LogP contribution in [0.5, 0.6) is 5.75 Å². The number of anilines is 1. The van der Waals surface area contributed by atoms with Crippen LogP contribution in [0.3, 0.4) is 0 Å². The van der Waals surface area contributed by atoms with Gasteiger partial charge in [-0.05, 0) is 24.1 Å². The molecule has 0 aliphatic rings. The van der Waals surface area contributed by atoms with Crippen LogP contribution in [0.25, 0.3) is 5.57 Å². The zero-order valence-corrected chi connectivity index (χ0v) is 11.9. The SMILES string of the molecule is C/C(=C\C(=O)Nc1ccc([O-])cc1C(=O)O)c1ccccc1. The largest absolute Gasteiger partial charge is 0.872 e. The zero-order chi connectivity index (χ0) is 16.1. The van der Waals surface area contributed by atoms with Gasteiger partial charge in [0, 0.05) is 6.08 Å². The Labute approximate surface area is 127 Å². The second-order valence-electron chi connectivity index (χ2n) is 4.70. The lowest BCUT2D eigenvalue weighted by atomic mass is 10.1. The predicted molar refractivity (Wildman–Crippen MR) is 81.6 cm³/mol. The molecule has 0 unspecified atom stereocenters. The number of carbonyl (C=O) groups is 2. The van der Waals surface area contributed by atoms with E-state index in [1.165, 1.54) is 18.2 Å². The molecule has 0 spiro atoms. The molecule has 2 aromatic rings. The summed E-state index contributed by atoms with van der Waals surface area (Å²) < 4.78 is 0. The Balaban J connectivity index is 2.21. The summed E-state index contributed by atoms with van der Waals surface area (Å²) in [5, 5.41) is 22.7. The molecule has 0 saturated heterocycles. The van der Waals surface area contributed by atoms with E-state index in [0.717, 1.165) is 17.2 Å². The van der Waals surface area contributed by atoms with Crippen LogP contribution < -0.4 is 10.4 Å². The lowest BCUT2D eigenvalue weighted by molar-refractivity contribution is -0.268. The second-order valence-corrected chi connectivity index (χ2v) is 4.70. The van der Waals surface area contributed by atoms with Crippen molar-refractivity contribution in [2.45, 2.75) is 6.92 Å². The summed E-state index contributed by atoms with van der Waals surface area (Å²) in [5.74, 6) is -2.15. The fourth-order valence-corrected chi connectivity index (χ4v) is 1.96. The molecule has 0 saturated carbocycles. The minimum absolute atomic E-state index is 0.0919. The first-order valence-corrected chi connectivity index (χ1v) is 6.56. The maximum Gasteiger partial charge on any atom is 0.337 e. The van der Waals surface area contributed by atoms with Crippen molar-refractivity contribution in [3.05, 3.63) is 65.7 Å². The van der Waals surface area contributed by atoms with Crippen LogP contribution in [0.1, 0.15) is 22.8 Å². The van der Waals surface area contributed by atoms with Crippen molar-refractivity contribution in [2.75, 3.05) is 5.32 Å². The Hall–Kier alpha value is -3.08. The Morgan fingerprint density at radius 3 is 2.45 bits per heavy atom. The summed E-state index contributed by atoms with van der Waals surface area (Å²) >= 11 is 0. The Morgan fingerprint density at radius 1 is 1.14 bits per heavy atom. The molecule has 22 heavy (non-hydrogen) atoms. The highest BCUT2D eigenvalue weighted by Gasteiger charge is 2.11. The number of benzene rings is 2. The van der Waals surface area contributed by atoms with E-state index in [0.29, 0.717) is 0 Å². The first kappa shape index (κ1) is 15.3. The van der Waals surface area contributed by atoms with Gasteiger partial charge in [-0.25, -0.2) is 4.79 Å². The Morgan fingerprint density at radius 2 is 1.82 bits per heavy atom. The van der Waals surface area contributed by atoms with Gasteiger partial charge in [-0.3, -0.25) is 4.79 Å². The van der Waals surface area contributed by atoms with Crippen molar-refractivity contribution < 1.29 is 19.8 Å². The minimum Gasteiger partial charge on any atom is -0.872 e. The van der Waals surface area contributed by atoms with Gasteiger partial charge in [0.25, 0.3) is 0 Å². The summed E-state index contributed by atoms with van der Waals surface area (Å²) in [4.78, 5) is 23.1. The molecule has 2 N–H and O–H groups in total. The number of rotatable bonds is 4.